The molecule has 0 amide bonds. The summed E-state index contributed by atoms with van der Waals surface area (Å²) in [5.74, 6) is 0.569. The van der Waals surface area contributed by atoms with E-state index in [0.717, 1.165) is 0 Å². The minimum absolute atomic E-state index is 0.184. The molecule has 7 heteroatoms. The van der Waals surface area contributed by atoms with Crippen molar-refractivity contribution in [3.8, 4) is 0 Å². The van der Waals surface area contributed by atoms with Gasteiger partial charge in [-0.15, -0.1) is 0 Å². The predicted molar refractivity (Wildman–Crippen MR) is 35.2 cm³/mol. The van der Waals surface area contributed by atoms with Gasteiger partial charge in [0.2, 0.25) is 0 Å². The van der Waals surface area contributed by atoms with Crippen molar-refractivity contribution in [2.75, 3.05) is 12.4 Å². The quantitative estimate of drug-likeness (QED) is 0.260. The smallest absolute Gasteiger partial charge is 0.396 e. The molecule has 0 bridgehead atoms. The van der Waals surface area contributed by atoms with E-state index in [1.165, 1.54) is 0 Å². The van der Waals surface area contributed by atoms with E-state index >= 15 is 0 Å². The van der Waals surface area contributed by atoms with Gasteiger partial charge in [-0.25, -0.2) is 4.57 Å². The predicted octanol–water partition coefficient (Wildman–Crippen LogP) is -1.02. The van der Waals surface area contributed by atoms with Crippen molar-refractivity contribution < 1.29 is 24.4 Å². The van der Waals surface area contributed by atoms with Crippen LogP contribution in [-0.4, -0.2) is 32.1 Å². The van der Waals surface area contributed by atoms with Crippen LogP contribution in [0.1, 0.15) is 0 Å². The zero-order valence-electron chi connectivity index (χ0n) is 4.51. The van der Waals surface area contributed by atoms with Crippen molar-refractivity contribution in [1.82, 2.24) is 0 Å². The van der Waals surface area contributed by atoms with Gasteiger partial charge in [-0.05, 0) is 0 Å². The van der Waals surface area contributed by atoms with Gasteiger partial charge in [-0.3, -0.25) is 0 Å². The summed E-state index contributed by atoms with van der Waals surface area (Å²) in [5.41, 5.74) is 0. The summed E-state index contributed by atoms with van der Waals surface area (Å²) in [6.45, 7) is 0.184. The molecule has 0 aromatic carbocycles. The average Bonchev–Trinajstić information content (AvgIpc) is 1.61. The van der Waals surface area contributed by atoms with E-state index in [-0.39, 0.29) is 6.61 Å². The Balaban J connectivity index is 0. The van der Waals surface area contributed by atoms with Crippen molar-refractivity contribution in [1.29, 1.82) is 0 Å². The van der Waals surface area contributed by atoms with Crippen molar-refractivity contribution in [3.05, 3.63) is 0 Å². The number of hydrogen-bond donors (Lipinski definition) is 5. The number of rotatable bonds is 1. The maximum atomic E-state index is 8.88. The van der Waals surface area contributed by atoms with E-state index in [9.17, 15) is 0 Å². The zero-order chi connectivity index (χ0) is 7.91. The van der Waals surface area contributed by atoms with Gasteiger partial charge in [0.1, 0.15) is 0 Å². The summed E-state index contributed by atoms with van der Waals surface area (Å²) in [5, 5.41) is 7.80. The molecule has 0 fully saturated rings. The topological polar surface area (TPSA) is 98.0 Å². The first-order chi connectivity index (χ1) is 3.91. The molecule has 0 saturated carbocycles. The Morgan fingerprint density at radius 1 is 1.33 bits per heavy atom. The molecule has 0 aliphatic carbocycles. The van der Waals surface area contributed by atoms with Crippen LogP contribution in [-0.2, 0) is 4.57 Å². The van der Waals surface area contributed by atoms with Crippen LogP contribution in [0.5, 0.6) is 0 Å². The third kappa shape index (κ3) is 172. The van der Waals surface area contributed by atoms with Gasteiger partial charge in [0.15, 0.2) is 0 Å². The second kappa shape index (κ2) is 6.54. The Bertz CT molecular complexity index is 78.7. The van der Waals surface area contributed by atoms with E-state index < -0.39 is 7.82 Å². The highest BCUT2D eigenvalue weighted by Gasteiger charge is 2.00. The molecule has 0 heterocycles. The maximum Gasteiger partial charge on any atom is 0.466 e. The fourth-order valence-corrected chi connectivity index (χ4v) is 0. The molecule has 0 radical (unpaired) electrons. The van der Waals surface area contributed by atoms with Crippen LogP contribution in [0.2, 0.25) is 0 Å². The lowest BCUT2D eigenvalue weighted by Crippen LogP contribution is -1.76. The highest BCUT2D eigenvalue weighted by molar-refractivity contribution is 7.80. The van der Waals surface area contributed by atoms with Crippen LogP contribution >= 0.6 is 20.5 Å². The van der Waals surface area contributed by atoms with Crippen LogP contribution in [0.4, 0.5) is 0 Å². The summed E-state index contributed by atoms with van der Waals surface area (Å²) in [4.78, 5) is 21.6. The molecule has 9 heavy (non-hydrogen) atoms. The molecular formula is C2H9O5PS. The zero-order valence-corrected chi connectivity index (χ0v) is 6.29. The van der Waals surface area contributed by atoms with Gasteiger partial charge in [0.05, 0.1) is 6.61 Å². The van der Waals surface area contributed by atoms with Gasteiger partial charge < -0.3 is 19.8 Å². The molecule has 4 N–H and O–H groups in total. The van der Waals surface area contributed by atoms with Crippen LogP contribution < -0.4 is 0 Å². The lowest BCUT2D eigenvalue weighted by Gasteiger charge is -1.82. The summed E-state index contributed by atoms with van der Waals surface area (Å²) in [7, 11) is -4.64. The monoisotopic (exact) mass is 176 g/mol. The largest absolute Gasteiger partial charge is 0.466 e. The lowest BCUT2D eigenvalue weighted by atomic mass is 10.9. The van der Waals surface area contributed by atoms with Crippen molar-refractivity contribution >= 4 is 20.5 Å². The molecule has 0 aromatic heterocycles. The highest BCUT2D eigenvalue weighted by Crippen LogP contribution is 2.25. The van der Waals surface area contributed by atoms with Gasteiger partial charge >= 0.3 is 7.82 Å². The minimum atomic E-state index is -4.64. The standard InChI is InChI=1S/C2H6OS.H3O4P/c3-1-2-4;1-5(2,3)4/h3-4H,1-2H2;(H3,1,2,3,4). The fourth-order valence-electron chi connectivity index (χ4n) is 0. The van der Waals surface area contributed by atoms with Gasteiger partial charge in [0, 0.05) is 5.75 Å². The number of aliphatic hydroxyl groups excluding tert-OH is 1. The molecular weight excluding hydrogens is 167 g/mol. The van der Waals surface area contributed by atoms with E-state index in [1.54, 1.807) is 0 Å². The molecule has 0 aromatic rings. The number of phosphoric acid groups is 1. The molecule has 0 spiro atoms. The number of hydrogen-bond acceptors (Lipinski definition) is 3. The van der Waals surface area contributed by atoms with Gasteiger partial charge in [0.25, 0.3) is 0 Å². The number of aliphatic hydroxyl groups is 1. The van der Waals surface area contributed by atoms with E-state index in [0.29, 0.717) is 5.75 Å². The average molecular weight is 176 g/mol. The van der Waals surface area contributed by atoms with E-state index in [1.807, 2.05) is 0 Å². The van der Waals surface area contributed by atoms with Crippen LogP contribution in [0, 0.1) is 0 Å². The fraction of sp³-hybridized carbons (Fsp3) is 1.00. The first kappa shape index (κ1) is 12.1. The second-order valence-electron chi connectivity index (χ2n) is 0.960. The Hall–Kier alpha value is 0.420. The van der Waals surface area contributed by atoms with Crippen LogP contribution in [0.3, 0.4) is 0 Å². The molecule has 0 unspecified atom stereocenters. The number of thiol groups is 1. The summed E-state index contributed by atoms with van der Waals surface area (Å²) in [6, 6.07) is 0. The SMILES string of the molecule is O=P(O)(O)O.OCCS. The van der Waals surface area contributed by atoms with Crippen molar-refractivity contribution in [2.45, 2.75) is 0 Å². The molecule has 0 aliphatic rings. The first-order valence-electron chi connectivity index (χ1n) is 1.92. The Labute approximate surface area is 58.0 Å². The third-order valence-electron chi connectivity index (χ3n) is 0.1000. The Morgan fingerprint density at radius 3 is 1.44 bits per heavy atom. The molecule has 58 valence electrons. The summed E-state index contributed by atoms with van der Waals surface area (Å²) in [6.07, 6.45) is 0. The summed E-state index contributed by atoms with van der Waals surface area (Å²) < 4.78 is 8.88. The third-order valence-corrected chi connectivity index (χ3v) is 0.300. The first-order valence-corrected chi connectivity index (χ1v) is 4.11. The molecule has 0 saturated heterocycles. The van der Waals surface area contributed by atoms with Crippen LogP contribution in [0.15, 0.2) is 0 Å². The van der Waals surface area contributed by atoms with Crippen molar-refractivity contribution in [2.24, 2.45) is 0 Å². The molecule has 5 nitrogen and oxygen atoms in total. The molecule has 0 rings (SSSR count). The second-order valence-corrected chi connectivity index (χ2v) is 2.43. The van der Waals surface area contributed by atoms with Gasteiger partial charge in [-0.2, -0.15) is 12.6 Å². The lowest BCUT2D eigenvalue weighted by molar-refractivity contribution is 0.275. The normalized spacial score (nSPS) is 9.89. The van der Waals surface area contributed by atoms with Crippen LogP contribution in [0.25, 0.3) is 0 Å². The minimum Gasteiger partial charge on any atom is -0.396 e. The molecule has 0 atom stereocenters. The molecule has 0 aliphatic heterocycles. The van der Waals surface area contributed by atoms with Gasteiger partial charge in [-0.1, -0.05) is 0 Å². The highest BCUT2D eigenvalue weighted by atomic mass is 32.1. The van der Waals surface area contributed by atoms with E-state index in [2.05, 4.69) is 12.6 Å². The maximum absolute atomic E-state index is 8.88. The van der Waals surface area contributed by atoms with E-state index in [4.69, 9.17) is 24.4 Å². The summed E-state index contributed by atoms with van der Waals surface area (Å²) >= 11 is 3.67. The Kier molecular flexibility index (Phi) is 8.81. The Morgan fingerprint density at radius 2 is 1.44 bits per heavy atom. The van der Waals surface area contributed by atoms with Crippen molar-refractivity contribution in [3.63, 3.8) is 0 Å².